The van der Waals surface area contributed by atoms with Crippen molar-refractivity contribution in [2.75, 3.05) is 11.5 Å². The molecule has 0 N–H and O–H groups in total. The van der Waals surface area contributed by atoms with Gasteiger partial charge in [-0.15, -0.1) is 0 Å². The Hall–Kier alpha value is -1.24. The Labute approximate surface area is 106 Å². The van der Waals surface area contributed by atoms with E-state index >= 15 is 0 Å². The van der Waals surface area contributed by atoms with Crippen LogP contribution in [0, 0.1) is 5.92 Å². The maximum absolute atomic E-state index is 11.3. The summed E-state index contributed by atoms with van der Waals surface area (Å²) >= 11 is 0. The molecular formula is C11H16N2O4S. The van der Waals surface area contributed by atoms with E-state index < -0.39 is 9.84 Å². The number of carbonyl (C=O) groups excluding carboxylic acids is 1. The highest BCUT2D eigenvalue weighted by molar-refractivity contribution is 7.91. The minimum Gasteiger partial charge on any atom is -0.339 e. The first-order chi connectivity index (χ1) is 8.44. The number of nitrogens with zero attached hydrogens (tertiary/aromatic N) is 2. The molecule has 0 aliphatic carbocycles. The van der Waals surface area contributed by atoms with Gasteiger partial charge in [0.05, 0.1) is 17.9 Å². The molecule has 0 bridgehead atoms. The molecule has 0 spiro atoms. The third-order valence-corrected chi connectivity index (χ3v) is 4.77. The Morgan fingerprint density at radius 1 is 1.39 bits per heavy atom. The van der Waals surface area contributed by atoms with E-state index in [0.717, 1.165) is 0 Å². The lowest BCUT2D eigenvalue weighted by molar-refractivity contribution is -0.116. The Bertz CT molecular complexity index is 521. The SMILES string of the molecule is CC(=O)Cc1nc(CC2CCS(=O)(=O)CC2)no1. The zero-order valence-corrected chi connectivity index (χ0v) is 11.1. The van der Waals surface area contributed by atoms with Crippen LogP contribution in [0.15, 0.2) is 4.52 Å². The Morgan fingerprint density at radius 2 is 2.06 bits per heavy atom. The Balaban J connectivity index is 1.90. The van der Waals surface area contributed by atoms with E-state index in [9.17, 15) is 13.2 Å². The summed E-state index contributed by atoms with van der Waals surface area (Å²) in [7, 11) is -2.83. The van der Waals surface area contributed by atoms with Crippen LogP contribution in [0.1, 0.15) is 31.5 Å². The van der Waals surface area contributed by atoms with Gasteiger partial charge in [0.25, 0.3) is 0 Å². The summed E-state index contributed by atoms with van der Waals surface area (Å²) in [5.74, 6) is 1.66. The predicted molar refractivity (Wildman–Crippen MR) is 63.8 cm³/mol. The first-order valence-corrected chi connectivity index (χ1v) is 7.78. The summed E-state index contributed by atoms with van der Waals surface area (Å²) in [5, 5.41) is 3.81. The van der Waals surface area contributed by atoms with Crippen molar-refractivity contribution in [3.8, 4) is 0 Å². The van der Waals surface area contributed by atoms with Crippen molar-refractivity contribution in [3.05, 3.63) is 11.7 Å². The van der Waals surface area contributed by atoms with E-state index in [4.69, 9.17) is 4.52 Å². The molecule has 0 aromatic carbocycles. The van der Waals surface area contributed by atoms with Gasteiger partial charge >= 0.3 is 0 Å². The average molecular weight is 272 g/mol. The molecule has 2 heterocycles. The van der Waals surface area contributed by atoms with Gasteiger partial charge in [-0.1, -0.05) is 5.16 Å². The molecule has 1 aliphatic heterocycles. The summed E-state index contributed by atoms with van der Waals surface area (Å²) in [6, 6.07) is 0. The third kappa shape index (κ3) is 3.63. The summed E-state index contributed by atoms with van der Waals surface area (Å²) < 4.78 is 27.5. The molecule has 1 fully saturated rings. The predicted octanol–water partition coefficient (Wildman–Crippen LogP) is 0.568. The molecule has 0 unspecified atom stereocenters. The Kier molecular flexibility index (Phi) is 3.79. The monoisotopic (exact) mass is 272 g/mol. The zero-order chi connectivity index (χ0) is 13.2. The first kappa shape index (κ1) is 13.2. The van der Waals surface area contributed by atoms with Crippen molar-refractivity contribution in [2.45, 2.75) is 32.6 Å². The van der Waals surface area contributed by atoms with Gasteiger partial charge in [-0.05, 0) is 25.7 Å². The Morgan fingerprint density at radius 3 is 2.67 bits per heavy atom. The minimum absolute atomic E-state index is 0.0195. The van der Waals surface area contributed by atoms with Gasteiger partial charge in [0.15, 0.2) is 5.82 Å². The number of carbonyl (C=O) groups is 1. The lowest BCUT2D eigenvalue weighted by Crippen LogP contribution is -2.24. The van der Waals surface area contributed by atoms with Crippen LogP contribution in [0.4, 0.5) is 0 Å². The molecule has 6 nitrogen and oxygen atoms in total. The van der Waals surface area contributed by atoms with Crippen LogP contribution in [0.25, 0.3) is 0 Å². The summed E-state index contributed by atoms with van der Waals surface area (Å²) in [4.78, 5) is 15.0. The van der Waals surface area contributed by atoms with Crippen molar-refractivity contribution in [2.24, 2.45) is 5.92 Å². The standard InChI is InChI=1S/C11H16N2O4S/c1-8(14)6-11-12-10(13-17-11)7-9-2-4-18(15,16)5-3-9/h9H,2-7H2,1H3. The number of aromatic nitrogens is 2. The molecule has 1 aromatic rings. The highest BCUT2D eigenvalue weighted by atomic mass is 32.2. The molecule has 0 amide bonds. The topological polar surface area (TPSA) is 90.1 Å². The van der Waals surface area contributed by atoms with Crippen LogP contribution in [-0.2, 0) is 27.5 Å². The molecule has 1 aromatic heterocycles. The van der Waals surface area contributed by atoms with Gasteiger partial charge < -0.3 is 4.52 Å². The van der Waals surface area contributed by atoms with Crippen molar-refractivity contribution in [1.29, 1.82) is 0 Å². The molecule has 0 atom stereocenters. The molecule has 1 saturated heterocycles. The normalized spacial score (nSPS) is 19.8. The van der Waals surface area contributed by atoms with E-state index in [1.54, 1.807) is 0 Å². The van der Waals surface area contributed by atoms with Crippen LogP contribution < -0.4 is 0 Å². The fourth-order valence-corrected chi connectivity index (χ4v) is 3.65. The number of ketones is 1. The fraction of sp³-hybridized carbons (Fsp3) is 0.727. The van der Waals surface area contributed by atoms with Gasteiger partial charge in [-0.3, -0.25) is 4.79 Å². The maximum Gasteiger partial charge on any atom is 0.234 e. The van der Waals surface area contributed by atoms with Gasteiger partial charge in [0.1, 0.15) is 15.6 Å². The van der Waals surface area contributed by atoms with Gasteiger partial charge in [-0.2, -0.15) is 4.98 Å². The van der Waals surface area contributed by atoms with E-state index in [2.05, 4.69) is 10.1 Å². The molecule has 2 rings (SSSR count). The fourth-order valence-electron chi connectivity index (χ4n) is 2.06. The quantitative estimate of drug-likeness (QED) is 0.796. The summed E-state index contributed by atoms with van der Waals surface area (Å²) in [6.45, 7) is 1.47. The van der Waals surface area contributed by atoms with Crippen LogP contribution in [0.5, 0.6) is 0 Å². The van der Waals surface area contributed by atoms with Crippen LogP contribution in [0.2, 0.25) is 0 Å². The number of rotatable bonds is 4. The van der Waals surface area contributed by atoms with Gasteiger partial charge in [-0.25, -0.2) is 8.42 Å². The average Bonchev–Trinajstić information content (AvgIpc) is 2.68. The maximum atomic E-state index is 11.3. The van der Waals surface area contributed by atoms with Crippen molar-refractivity contribution in [3.63, 3.8) is 0 Å². The lowest BCUT2D eigenvalue weighted by atomic mass is 9.99. The zero-order valence-electron chi connectivity index (χ0n) is 10.3. The molecular weight excluding hydrogens is 256 g/mol. The van der Waals surface area contributed by atoms with E-state index in [1.807, 2.05) is 0 Å². The highest BCUT2D eigenvalue weighted by Crippen LogP contribution is 2.21. The second-order valence-electron chi connectivity index (χ2n) is 4.78. The highest BCUT2D eigenvalue weighted by Gasteiger charge is 2.25. The molecule has 18 heavy (non-hydrogen) atoms. The van der Waals surface area contributed by atoms with Crippen LogP contribution in [0.3, 0.4) is 0 Å². The van der Waals surface area contributed by atoms with Crippen molar-refractivity contribution < 1.29 is 17.7 Å². The van der Waals surface area contributed by atoms with Crippen molar-refractivity contribution >= 4 is 15.6 Å². The number of Topliss-reactive ketones (excluding diaryl/α,β-unsaturated/α-hetero) is 1. The number of hydrogen-bond acceptors (Lipinski definition) is 6. The largest absolute Gasteiger partial charge is 0.339 e. The second kappa shape index (κ2) is 5.17. The summed E-state index contributed by atoms with van der Waals surface area (Å²) in [5.41, 5.74) is 0. The van der Waals surface area contributed by atoms with Crippen molar-refractivity contribution in [1.82, 2.24) is 10.1 Å². The number of hydrogen-bond donors (Lipinski definition) is 0. The van der Waals surface area contributed by atoms with Crippen LogP contribution in [-0.4, -0.2) is 35.8 Å². The molecule has 100 valence electrons. The molecule has 0 saturated carbocycles. The molecule has 1 aliphatic rings. The molecule has 7 heteroatoms. The number of sulfone groups is 1. The lowest BCUT2D eigenvalue weighted by Gasteiger charge is -2.20. The van der Waals surface area contributed by atoms with E-state index in [1.165, 1.54) is 6.92 Å². The second-order valence-corrected chi connectivity index (χ2v) is 7.09. The summed E-state index contributed by atoms with van der Waals surface area (Å²) in [6.07, 6.45) is 2.08. The van der Waals surface area contributed by atoms with Crippen LogP contribution >= 0.6 is 0 Å². The van der Waals surface area contributed by atoms with Gasteiger partial charge in [0, 0.05) is 6.42 Å². The minimum atomic E-state index is -2.83. The first-order valence-electron chi connectivity index (χ1n) is 5.96. The molecule has 0 radical (unpaired) electrons. The third-order valence-electron chi connectivity index (χ3n) is 3.06. The smallest absolute Gasteiger partial charge is 0.234 e. The van der Waals surface area contributed by atoms with Gasteiger partial charge in [0.2, 0.25) is 5.89 Å². The van der Waals surface area contributed by atoms with E-state index in [-0.39, 0.29) is 29.6 Å². The van der Waals surface area contributed by atoms with E-state index in [0.29, 0.717) is 31.0 Å².